The van der Waals surface area contributed by atoms with Gasteiger partial charge in [0, 0.05) is 58.0 Å². The molecule has 2 saturated heterocycles. The molecule has 1 saturated carbocycles. The van der Waals surface area contributed by atoms with Gasteiger partial charge in [0.15, 0.2) is 5.82 Å². The predicted octanol–water partition coefficient (Wildman–Crippen LogP) is 0.379. The number of hydrogen-bond acceptors (Lipinski definition) is 7. The lowest BCUT2D eigenvalue weighted by atomic mass is 9.85. The fraction of sp³-hybridized carbons (Fsp3) is 0.833. The Morgan fingerprint density at radius 3 is 2.59 bits per heavy atom. The van der Waals surface area contributed by atoms with Gasteiger partial charge in [-0.25, -0.2) is 0 Å². The van der Waals surface area contributed by atoms with E-state index in [1.807, 2.05) is 0 Å². The maximum Gasteiger partial charge on any atom is 0.282 e. The van der Waals surface area contributed by atoms with Gasteiger partial charge in [0.2, 0.25) is 11.8 Å². The summed E-state index contributed by atoms with van der Waals surface area (Å²) in [7, 11) is -3.51. The van der Waals surface area contributed by atoms with Gasteiger partial charge in [-0.05, 0) is 19.3 Å². The summed E-state index contributed by atoms with van der Waals surface area (Å²) in [4.78, 5) is 18.5. The molecular weight excluding hydrogens is 398 g/mol. The molecule has 1 aliphatic carbocycles. The van der Waals surface area contributed by atoms with E-state index in [1.54, 1.807) is 4.90 Å². The van der Waals surface area contributed by atoms with Gasteiger partial charge in [-0.2, -0.15) is 22.0 Å². The normalized spacial score (nSPS) is 24.5. The van der Waals surface area contributed by atoms with E-state index in [0.29, 0.717) is 76.4 Å². The zero-order valence-electron chi connectivity index (χ0n) is 16.8. The van der Waals surface area contributed by atoms with Crippen molar-refractivity contribution in [2.45, 2.75) is 51.0 Å². The zero-order valence-corrected chi connectivity index (χ0v) is 17.6. The molecular formula is C18H29N5O5S. The second kappa shape index (κ2) is 8.66. The molecule has 1 aromatic rings. The van der Waals surface area contributed by atoms with Crippen LogP contribution >= 0.6 is 0 Å². The quantitative estimate of drug-likeness (QED) is 0.619. The van der Waals surface area contributed by atoms with Crippen molar-refractivity contribution in [1.29, 1.82) is 0 Å². The first kappa shape index (κ1) is 20.7. The molecule has 3 aliphatic rings. The van der Waals surface area contributed by atoms with Crippen molar-refractivity contribution < 1.29 is 22.5 Å². The number of ether oxygens (including phenoxy) is 1. The average Bonchev–Trinajstić information content (AvgIpc) is 3.32. The molecule has 0 bridgehead atoms. The van der Waals surface area contributed by atoms with Crippen molar-refractivity contribution in [3.63, 3.8) is 0 Å². The van der Waals surface area contributed by atoms with Gasteiger partial charge in [0.25, 0.3) is 10.2 Å². The van der Waals surface area contributed by atoms with E-state index in [-0.39, 0.29) is 11.9 Å². The summed E-state index contributed by atoms with van der Waals surface area (Å²) in [5.74, 6) is 1.62. The highest BCUT2D eigenvalue weighted by atomic mass is 32.2. The first-order valence-electron chi connectivity index (χ1n) is 10.4. The highest BCUT2D eigenvalue weighted by Crippen LogP contribution is 2.35. The number of nitrogens with zero attached hydrogens (tertiary/aromatic N) is 5. The van der Waals surface area contributed by atoms with Crippen LogP contribution < -0.4 is 0 Å². The molecule has 1 aromatic heterocycles. The van der Waals surface area contributed by atoms with Gasteiger partial charge in [0.1, 0.15) is 0 Å². The Bertz CT molecular complexity index is 818. The smallest absolute Gasteiger partial charge is 0.282 e. The number of amides is 1. The van der Waals surface area contributed by atoms with E-state index in [4.69, 9.17) is 9.26 Å². The Morgan fingerprint density at radius 2 is 1.93 bits per heavy atom. The highest BCUT2D eigenvalue weighted by Gasteiger charge is 2.38. The Balaban J connectivity index is 1.35. The Morgan fingerprint density at radius 1 is 1.17 bits per heavy atom. The maximum atomic E-state index is 12.9. The summed E-state index contributed by atoms with van der Waals surface area (Å²) in [6.07, 6.45) is 4.52. The molecule has 1 unspecified atom stereocenters. The molecule has 3 heterocycles. The second-order valence-electron chi connectivity index (χ2n) is 7.96. The van der Waals surface area contributed by atoms with Gasteiger partial charge in [-0.15, -0.1) is 0 Å². The molecule has 162 valence electrons. The minimum absolute atomic E-state index is 0.0664. The summed E-state index contributed by atoms with van der Waals surface area (Å²) < 4.78 is 39.3. The molecule has 1 amide bonds. The number of aromatic nitrogens is 2. The van der Waals surface area contributed by atoms with Crippen molar-refractivity contribution in [3.05, 3.63) is 11.7 Å². The van der Waals surface area contributed by atoms with Crippen LogP contribution in [0.4, 0.5) is 0 Å². The fourth-order valence-electron chi connectivity index (χ4n) is 4.12. The van der Waals surface area contributed by atoms with Crippen LogP contribution in [0.25, 0.3) is 0 Å². The SMILES string of the molecule is CC(=O)N(CCc1noc(C2CCC2)n1)C1CCN(S(=O)(=O)N2CCOCC2)C1. The van der Waals surface area contributed by atoms with E-state index >= 15 is 0 Å². The first-order valence-corrected chi connectivity index (χ1v) is 11.8. The van der Waals surface area contributed by atoms with Crippen molar-refractivity contribution in [2.24, 2.45) is 0 Å². The first-order chi connectivity index (χ1) is 13.9. The van der Waals surface area contributed by atoms with Crippen LogP contribution in [0.15, 0.2) is 4.52 Å². The molecule has 1 atom stereocenters. The van der Waals surface area contributed by atoms with Crippen molar-refractivity contribution >= 4 is 16.1 Å². The number of carbonyl (C=O) groups is 1. The Kier molecular flexibility index (Phi) is 6.19. The molecule has 2 aliphatic heterocycles. The average molecular weight is 428 g/mol. The van der Waals surface area contributed by atoms with E-state index in [1.165, 1.54) is 22.0 Å². The molecule has 0 aromatic carbocycles. The minimum Gasteiger partial charge on any atom is -0.379 e. The lowest BCUT2D eigenvalue weighted by Gasteiger charge is -2.31. The summed E-state index contributed by atoms with van der Waals surface area (Å²) in [6.45, 7) is 4.31. The largest absolute Gasteiger partial charge is 0.379 e. The molecule has 0 spiro atoms. The topological polar surface area (TPSA) is 109 Å². The van der Waals surface area contributed by atoms with Gasteiger partial charge in [-0.3, -0.25) is 4.79 Å². The fourth-order valence-corrected chi connectivity index (χ4v) is 5.76. The monoisotopic (exact) mass is 427 g/mol. The number of morpholine rings is 1. The third kappa shape index (κ3) is 4.47. The molecule has 10 nitrogen and oxygen atoms in total. The van der Waals surface area contributed by atoms with Crippen LogP contribution in [-0.2, 0) is 26.2 Å². The molecule has 29 heavy (non-hydrogen) atoms. The van der Waals surface area contributed by atoms with Gasteiger partial charge in [0.05, 0.1) is 13.2 Å². The highest BCUT2D eigenvalue weighted by molar-refractivity contribution is 7.86. The molecule has 0 radical (unpaired) electrons. The minimum atomic E-state index is -3.51. The summed E-state index contributed by atoms with van der Waals surface area (Å²) >= 11 is 0. The molecule has 11 heteroatoms. The Hall–Kier alpha value is -1.56. The van der Waals surface area contributed by atoms with Gasteiger partial charge in [-0.1, -0.05) is 11.6 Å². The van der Waals surface area contributed by atoms with Crippen LogP contribution in [0.3, 0.4) is 0 Å². The second-order valence-corrected chi connectivity index (χ2v) is 9.89. The van der Waals surface area contributed by atoms with Gasteiger partial charge >= 0.3 is 0 Å². The van der Waals surface area contributed by atoms with E-state index in [9.17, 15) is 13.2 Å². The lowest BCUT2D eigenvalue weighted by Crippen LogP contribution is -2.49. The van der Waals surface area contributed by atoms with Crippen molar-refractivity contribution in [3.8, 4) is 0 Å². The summed E-state index contributed by atoms with van der Waals surface area (Å²) in [5.41, 5.74) is 0. The van der Waals surface area contributed by atoms with Gasteiger partial charge < -0.3 is 14.2 Å². The van der Waals surface area contributed by atoms with Crippen LogP contribution in [0.1, 0.15) is 50.2 Å². The van der Waals surface area contributed by atoms with E-state index in [2.05, 4.69) is 10.1 Å². The number of rotatable bonds is 7. The van der Waals surface area contributed by atoms with E-state index < -0.39 is 10.2 Å². The summed E-state index contributed by atoms with van der Waals surface area (Å²) in [6, 6.07) is -0.138. The predicted molar refractivity (Wildman–Crippen MR) is 103 cm³/mol. The standard InChI is InChI=1S/C18H29N5O5S/c1-14(24)23(8-6-17-19-18(28-20-17)15-3-2-4-15)16-5-7-22(13-16)29(25,26)21-9-11-27-12-10-21/h15-16H,2-13H2,1H3. The molecule has 0 N–H and O–H groups in total. The zero-order chi connectivity index (χ0) is 20.4. The third-order valence-electron chi connectivity index (χ3n) is 6.11. The van der Waals surface area contributed by atoms with Crippen molar-refractivity contribution in [1.82, 2.24) is 23.7 Å². The third-order valence-corrected chi connectivity index (χ3v) is 8.11. The summed E-state index contributed by atoms with van der Waals surface area (Å²) in [5, 5.41) is 4.04. The number of hydrogen-bond donors (Lipinski definition) is 0. The number of carbonyl (C=O) groups excluding carboxylic acids is 1. The Labute approximate surface area is 171 Å². The van der Waals surface area contributed by atoms with Crippen LogP contribution in [0.5, 0.6) is 0 Å². The van der Waals surface area contributed by atoms with Crippen LogP contribution in [-0.4, -0.2) is 90.0 Å². The van der Waals surface area contributed by atoms with Crippen molar-refractivity contribution in [2.75, 3.05) is 45.9 Å². The maximum absolute atomic E-state index is 12.9. The van der Waals surface area contributed by atoms with Crippen LogP contribution in [0.2, 0.25) is 0 Å². The van der Waals surface area contributed by atoms with Crippen LogP contribution in [0, 0.1) is 0 Å². The molecule has 4 rings (SSSR count). The van der Waals surface area contributed by atoms with E-state index in [0.717, 1.165) is 12.8 Å². The molecule has 3 fully saturated rings. The lowest BCUT2D eigenvalue weighted by molar-refractivity contribution is -0.130.